The zero-order valence-electron chi connectivity index (χ0n) is 19.9. The SMILES string of the molecule is Cc1cc(Nc2ncnc3ccc(NC4=NC(C)(C)CS4)cc23)ccc1Oc1cc2nncn2cn1. The number of aromatic nitrogens is 6. The number of hydrogen-bond donors (Lipinski definition) is 2. The lowest BCUT2D eigenvalue weighted by Gasteiger charge is -2.13. The smallest absolute Gasteiger partial charge is 0.224 e. The van der Waals surface area contributed by atoms with Crippen LogP contribution in [0.25, 0.3) is 16.6 Å². The summed E-state index contributed by atoms with van der Waals surface area (Å²) >= 11 is 1.73. The first-order valence-corrected chi connectivity index (χ1v) is 12.4. The van der Waals surface area contributed by atoms with E-state index in [0.717, 1.165) is 44.6 Å². The molecular weight excluding hydrogens is 474 g/mol. The molecule has 11 heteroatoms. The highest BCUT2D eigenvalue weighted by atomic mass is 32.2. The molecule has 2 N–H and O–H groups in total. The molecule has 10 nitrogen and oxygen atoms in total. The number of nitrogens with zero attached hydrogens (tertiary/aromatic N) is 7. The highest BCUT2D eigenvalue weighted by molar-refractivity contribution is 8.14. The number of anilines is 3. The van der Waals surface area contributed by atoms with Crippen LogP contribution in [-0.2, 0) is 0 Å². The van der Waals surface area contributed by atoms with E-state index in [1.54, 1.807) is 41.2 Å². The Morgan fingerprint density at radius 2 is 1.83 bits per heavy atom. The summed E-state index contributed by atoms with van der Waals surface area (Å²) in [6.07, 6.45) is 4.78. The fourth-order valence-electron chi connectivity index (χ4n) is 3.86. The van der Waals surface area contributed by atoms with Gasteiger partial charge in [-0.15, -0.1) is 10.2 Å². The molecule has 0 atom stereocenters. The van der Waals surface area contributed by atoms with Gasteiger partial charge in [0.25, 0.3) is 0 Å². The maximum atomic E-state index is 5.99. The van der Waals surface area contributed by atoms with Crippen LogP contribution in [0.1, 0.15) is 19.4 Å². The van der Waals surface area contributed by atoms with E-state index < -0.39 is 0 Å². The molecule has 0 fully saturated rings. The number of benzene rings is 2. The fourth-order valence-corrected chi connectivity index (χ4v) is 4.92. The largest absolute Gasteiger partial charge is 0.439 e. The highest BCUT2D eigenvalue weighted by Gasteiger charge is 2.25. The Kier molecular flexibility index (Phi) is 5.41. The van der Waals surface area contributed by atoms with Crippen LogP contribution in [-0.4, -0.2) is 46.0 Å². The van der Waals surface area contributed by atoms with Crippen LogP contribution in [0, 0.1) is 6.92 Å². The van der Waals surface area contributed by atoms with E-state index in [4.69, 9.17) is 9.73 Å². The molecule has 0 saturated carbocycles. The van der Waals surface area contributed by atoms with Crippen LogP contribution in [0.15, 0.2) is 66.4 Å². The minimum atomic E-state index is -0.0489. The van der Waals surface area contributed by atoms with Gasteiger partial charge < -0.3 is 15.4 Å². The molecule has 36 heavy (non-hydrogen) atoms. The lowest BCUT2D eigenvalue weighted by Crippen LogP contribution is -2.15. The number of hydrogen-bond acceptors (Lipinski definition) is 10. The first kappa shape index (κ1) is 22.2. The van der Waals surface area contributed by atoms with E-state index in [1.807, 2.05) is 43.3 Å². The van der Waals surface area contributed by atoms with Gasteiger partial charge in [0, 0.05) is 28.6 Å². The minimum Gasteiger partial charge on any atom is -0.439 e. The zero-order chi connectivity index (χ0) is 24.7. The predicted molar refractivity (Wildman–Crippen MR) is 142 cm³/mol. The van der Waals surface area contributed by atoms with Crippen molar-refractivity contribution >= 4 is 50.7 Å². The molecule has 0 spiro atoms. The topological polar surface area (TPSA) is 115 Å². The van der Waals surface area contributed by atoms with Crippen molar-refractivity contribution in [1.82, 2.24) is 29.5 Å². The Labute approximate surface area is 211 Å². The lowest BCUT2D eigenvalue weighted by atomic mass is 10.1. The highest BCUT2D eigenvalue weighted by Crippen LogP contribution is 2.32. The zero-order valence-corrected chi connectivity index (χ0v) is 20.7. The maximum absolute atomic E-state index is 5.99. The van der Waals surface area contributed by atoms with Gasteiger partial charge in [0.1, 0.15) is 30.5 Å². The molecule has 0 saturated heterocycles. The predicted octanol–water partition coefficient (Wildman–Crippen LogP) is 5.21. The Hall–Kier alpha value is -4.25. The summed E-state index contributed by atoms with van der Waals surface area (Å²) < 4.78 is 7.71. The third-order valence-corrected chi connectivity index (χ3v) is 6.99. The number of aryl methyl sites for hydroxylation is 1. The Balaban J connectivity index is 1.23. The normalized spacial score (nSPS) is 14.7. The van der Waals surface area contributed by atoms with Crippen molar-refractivity contribution in [2.45, 2.75) is 26.3 Å². The number of thioether (sulfide) groups is 1. The number of aliphatic imine (C=N–C) groups is 1. The van der Waals surface area contributed by atoms with E-state index in [9.17, 15) is 0 Å². The molecule has 180 valence electrons. The summed E-state index contributed by atoms with van der Waals surface area (Å²) in [6, 6.07) is 13.6. The van der Waals surface area contributed by atoms with E-state index in [1.165, 1.54) is 0 Å². The summed E-state index contributed by atoms with van der Waals surface area (Å²) in [5, 5.41) is 16.6. The molecule has 0 radical (unpaired) electrons. The second-order valence-corrected chi connectivity index (χ2v) is 10.1. The quantitative estimate of drug-likeness (QED) is 0.338. The standard InChI is InChI=1S/C25H23N9OS/c1-15-8-16(5-7-20(15)35-22-10-21-33-29-14-34(21)13-28-22)30-23-18-9-17(4-6-19(18)26-12-27-23)31-24-32-25(2,3)11-36-24/h4-10,12-14H,11H2,1-3H3,(H,31,32)(H,26,27,30). The Morgan fingerprint density at radius 1 is 0.972 bits per heavy atom. The van der Waals surface area contributed by atoms with Crippen molar-refractivity contribution in [3.05, 3.63) is 67.0 Å². The summed E-state index contributed by atoms with van der Waals surface area (Å²) in [6.45, 7) is 6.25. The van der Waals surface area contributed by atoms with E-state index in [2.05, 4.69) is 49.6 Å². The molecule has 6 rings (SSSR count). The van der Waals surface area contributed by atoms with Crippen molar-refractivity contribution in [2.75, 3.05) is 16.4 Å². The van der Waals surface area contributed by atoms with Crippen molar-refractivity contribution in [3.8, 4) is 11.6 Å². The third kappa shape index (κ3) is 4.52. The number of rotatable bonds is 5. The van der Waals surface area contributed by atoms with Gasteiger partial charge in [-0.2, -0.15) is 0 Å². The first-order valence-electron chi connectivity index (χ1n) is 11.4. The lowest BCUT2D eigenvalue weighted by molar-refractivity contribution is 0.458. The molecule has 1 aliphatic heterocycles. The second-order valence-electron chi connectivity index (χ2n) is 9.13. The molecule has 0 bridgehead atoms. The van der Waals surface area contributed by atoms with Gasteiger partial charge in [0.2, 0.25) is 5.88 Å². The molecule has 0 amide bonds. The van der Waals surface area contributed by atoms with E-state index in [-0.39, 0.29) is 5.54 Å². The molecule has 1 aliphatic rings. The Bertz CT molecular complexity index is 1630. The van der Waals surface area contributed by atoms with Crippen LogP contribution < -0.4 is 15.4 Å². The minimum absolute atomic E-state index is 0.0489. The fraction of sp³-hybridized carbons (Fsp3) is 0.200. The van der Waals surface area contributed by atoms with E-state index >= 15 is 0 Å². The number of fused-ring (bicyclic) bond motifs is 2. The van der Waals surface area contributed by atoms with Crippen LogP contribution in [0.4, 0.5) is 17.2 Å². The maximum Gasteiger partial charge on any atom is 0.224 e. The molecule has 2 aromatic carbocycles. The molecule has 3 aromatic heterocycles. The van der Waals surface area contributed by atoms with Crippen LogP contribution >= 0.6 is 11.8 Å². The average Bonchev–Trinajstić information content (AvgIpc) is 3.46. The van der Waals surface area contributed by atoms with Gasteiger partial charge in [0.15, 0.2) is 10.8 Å². The van der Waals surface area contributed by atoms with Gasteiger partial charge in [-0.05, 0) is 62.7 Å². The number of nitrogens with one attached hydrogen (secondary N) is 2. The van der Waals surface area contributed by atoms with Gasteiger partial charge in [-0.25, -0.2) is 15.0 Å². The van der Waals surface area contributed by atoms with Crippen molar-refractivity contribution in [1.29, 1.82) is 0 Å². The first-order chi connectivity index (χ1) is 17.4. The average molecular weight is 498 g/mol. The van der Waals surface area contributed by atoms with Gasteiger partial charge >= 0.3 is 0 Å². The second kappa shape index (κ2) is 8.76. The number of amidine groups is 1. The van der Waals surface area contributed by atoms with Crippen LogP contribution in [0.5, 0.6) is 11.6 Å². The van der Waals surface area contributed by atoms with Gasteiger partial charge in [0.05, 0.1) is 11.1 Å². The van der Waals surface area contributed by atoms with Crippen molar-refractivity contribution < 1.29 is 4.74 Å². The molecule has 4 heterocycles. The van der Waals surface area contributed by atoms with Gasteiger partial charge in [-0.1, -0.05) is 11.8 Å². The molecule has 5 aromatic rings. The number of ether oxygens (including phenoxy) is 1. The van der Waals surface area contributed by atoms with Crippen molar-refractivity contribution in [2.24, 2.45) is 4.99 Å². The molecule has 0 aliphatic carbocycles. The molecule has 0 unspecified atom stereocenters. The van der Waals surface area contributed by atoms with Crippen molar-refractivity contribution in [3.63, 3.8) is 0 Å². The van der Waals surface area contributed by atoms with Crippen LogP contribution in [0.2, 0.25) is 0 Å². The summed E-state index contributed by atoms with van der Waals surface area (Å²) in [5.74, 6) is 2.84. The van der Waals surface area contributed by atoms with Crippen LogP contribution in [0.3, 0.4) is 0 Å². The monoisotopic (exact) mass is 497 g/mol. The Morgan fingerprint density at radius 3 is 2.67 bits per heavy atom. The third-order valence-electron chi connectivity index (χ3n) is 5.67. The molecular formula is C25H23N9OS. The van der Waals surface area contributed by atoms with E-state index in [0.29, 0.717) is 17.3 Å². The summed E-state index contributed by atoms with van der Waals surface area (Å²) in [7, 11) is 0. The summed E-state index contributed by atoms with van der Waals surface area (Å²) in [4.78, 5) is 18.0. The summed E-state index contributed by atoms with van der Waals surface area (Å²) in [5.41, 5.74) is 4.25. The van der Waals surface area contributed by atoms with Gasteiger partial charge in [-0.3, -0.25) is 9.39 Å².